The van der Waals surface area contributed by atoms with Gasteiger partial charge in [0.25, 0.3) is 0 Å². The third-order valence-corrected chi connectivity index (χ3v) is 5.55. The first-order valence-corrected chi connectivity index (χ1v) is 10.5. The number of hydrogen-bond acceptors (Lipinski definition) is 5. The van der Waals surface area contributed by atoms with Crippen LogP contribution in [0.1, 0.15) is 32.3 Å². The van der Waals surface area contributed by atoms with Gasteiger partial charge in [-0.05, 0) is 56.0 Å². The van der Waals surface area contributed by atoms with E-state index in [-0.39, 0.29) is 5.91 Å². The number of carbonyl (C=O) groups is 1. The molecular formula is C24H31N5O. The Balaban J connectivity index is 0.000000269. The maximum Gasteiger partial charge on any atom is 0.219 e. The molecule has 2 heterocycles. The van der Waals surface area contributed by atoms with Crippen molar-refractivity contribution in [3.8, 4) is 11.1 Å². The number of carbonyl (C=O) groups excluding carboxylic acids is 1. The van der Waals surface area contributed by atoms with Gasteiger partial charge in [0, 0.05) is 62.9 Å². The van der Waals surface area contributed by atoms with E-state index in [0.29, 0.717) is 5.69 Å². The quantitative estimate of drug-likeness (QED) is 0.659. The Bertz CT molecular complexity index is 1030. The molecule has 1 aromatic heterocycles. The lowest BCUT2D eigenvalue weighted by molar-refractivity contribution is -0.127. The average molecular weight is 406 g/mol. The number of hydrogen-bond donors (Lipinski definition) is 1. The predicted octanol–water partition coefficient (Wildman–Crippen LogP) is 4.27. The molecule has 0 unspecified atom stereocenters. The number of anilines is 2. The number of aromatic nitrogens is 2. The minimum atomic E-state index is 0.225. The van der Waals surface area contributed by atoms with Crippen LogP contribution in [0.5, 0.6) is 0 Å². The molecule has 4 rings (SSSR count). The summed E-state index contributed by atoms with van der Waals surface area (Å²) in [5, 5.41) is 0. The number of nitrogens with zero attached hydrogens (tertiary/aromatic N) is 4. The highest BCUT2D eigenvalue weighted by atomic mass is 16.2. The number of nitrogens with two attached hydrogens (primary N) is 1. The van der Waals surface area contributed by atoms with Gasteiger partial charge in [0.2, 0.25) is 5.91 Å². The topological polar surface area (TPSA) is 75.4 Å². The third-order valence-electron chi connectivity index (χ3n) is 5.55. The van der Waals surface area contributed by atoms with Crippen molar-refractivity contribution in [3.05, 3.63) is 48.3 Å². The van der Waals surface area contributed by atoms with Crippen LogP contribution in [0.2, 0.25) is 0 Å². The van der Waals surface area contributed by atoms with E-state index in [1.807, 2.05) is 17.0 Å². The monoisotopic (exact) mass is 405 g/mol. The summed E-state index contributed by atoms with van der Waals surface area (Å²) in [7, 11) is 2.10. The van der Waals surface area contributed by atoms with Crippen LogP contribution in [0.15, 0.2) is 42.7 Å². The molecule has 1 fully saturated rings. The van der Waals surface area contributed by atoms with Gasteiger partial charge in [0.15, 0.2) is 0 Å². The van der Waals surface area contributed by atoms with Gasteiger partial charge >= 0.3 is 0 Å². The summed E-state index contributed by atoms with van der Waals surface area (Å²) in [6, 6.07) is 10.3. The fraction of sp³-hybridized carbons (Fsp3) is 0.375. The third kappa shape index (κ3) is 4.87. The number of rotatable bonds is 3. The minimum Gasteiger partial charge on any atom is -0.399 e. The van der Waals surface area contributed by atoms with Crippen LogP contribution in [0.4, 0.5) is 11.4 Å². The van der Waals surface area contributed by atoms with Crippen molar-refractivity contribution in [2.45, 2.75) is 33.6 Å². The highest BCUT2D eigenvalue weighted by Crippen LogP contribution is 2.32. The molecule has 0 aliphatic carbocycles. The van der Waals surface area contributed by atoms with E-state index in [9.17, 15) is 4.79 Å². The van der Waals surface area contributed by atoms with Gasteiger partial charge in [0.1, 0.15) is 0 Å². The molecule has 1 aliphatic rings. The zero-order valence-electron chi connectivity index (χ0n) is 18.4. The normalized spacial score (nSPS) is 13.1. The molecule has 0 bridgehead atoms. The Morgan fingerprint density at radius 1 is 1.13 bits per heavy atom. The maximum absolute atomic E-state index is 10.6. The molecular weight excluding hydrogens is 374 g/mol. The lowest BCUT2D eigenvalue weighted by Crippen LogP contribution is -2.24. The zero-order valence-corrected chi connectivity index (χ0v) is 18.4. The number of likely N-dealkylation sites (tertiary alicyclic amines) is 1. The van der Waals surface area contributed by atoms with E-state index in [1.54, 1.807) is 19.3 Å². The second kappa shape index (κ2) is 9.57. The maximum atomic E-state index is 10.6. The fourth-order valence-corrected chi connectivity index (χ4v) is 3.71. The fourth-order valence-electron chi connectivity index (χ4n) is 3.71. The molecule has 6 heteroatoms. The van der Waals surface area contributed by atoms with Gasteiger partial charge in [-0.3, -0.25) is 14.8 Å². The standard InChI is InChI=1S/C18H20N4.C6H11NO/c1-4-22(3)17-9-13(6-5-12(17)2)15-10-14(19)11-16-18(15)21-8-7-20-16;1-6(8)7-4-2-3-5-7/h5-11H,4,19H2,1-3H3;2-5H2,1H3. The summed E-state index contributed by atoms with van der Waals surface area (Å²) < 4.78 is 0. The van der Waals surface area contributed by atoms with Gasteiger partial charge in [-0.25, -0.2) is 0 Å². The Labute approximate surface area is 178 Å². The van der Waals surface area contributed by atoms with Gasteiger partial charge in [-0.1, -0.05) is 12.1 Å². The first-order valence-electron chi connectivity index (χ1n) is 10.5. The molecule has 0 radical (unpaired) electrons. The molecule has 30 heavy (non-hydrogen) atoms. The van der Waals surface area contributed by atoms with E-state index in [0.717, 1.165) is 41.8 Å². The SMILES string of the molecule is CC(=O)N1CCCC1.CCN(C)c1cc(-c2cc(N)cc3nccnc23)ccc1C. The summed E-state index contributed by atoms with van der Waals surface area (Å²) in [5.41, 5.74) is 13.1. The summed E-state index contributed by atoms with van der Waals surface area (Å²) in [5.74, 6) is 0.225. The Hall–Kier alpha value is -3.15. The van der Waals surface area contributed by atoms with Crippen LogP contribution < -0.4 is 10.6 Å². The number of benzene rings is 2. The summed E-state index contributed by atoms with van der Waals surface area (Å²) in [6.45, 7) is 8.83. The van der Waals surface area contributed by atoms with Crippen LogP contribution >= 0.6 is 0 Å². The van der Waals surface area contributed by atoms with E-state index in [4.69, 9.17) is 5.73 Å². The second-order valence-corrected chi connectivity index (χ2v) is 7.72. The van der Waals surface area contributed by atoms with Crippen LogP contribution in [-0.4, -0.2) is 47.5 Å². The lowest BCUT2D eigenvalue weighted by Gasteiger charge is -2.20. The molecule has 0 saturated carbocycles. The Morgan fingerprint density at radius 3 is 2.47 bits per heavy atom. The van der Waals surface area contributed by atoms with Gasteiger partial charge < -0.3 is 15.5 Å². The van der Waals surface area contributed by atoms with Crippen molar-refractivity contribution in [2.24, 2.45) is 0 Å². The molecule has 2 aromatic carbocycles. The molecule has 0 spiro atoms. The van der Waals surface area contributed by atoms with Crippen LogP contribution in [0.25, 0.3) is 22.2 Å². The van der Waals surface area contributed by atoms with Crippen molar-refractivity contribution >= 4 is 28.3 Å². The Kier molecular flexibility index (Phi) is 6.87. The van der Waals surface area contributed by atoms with Crippen LogP contribution in [0.3, 0.4) is 0 Å². The highest BCUT2D eigenvalue weighted by Gasteiger charge is 2.13. The van der Waals surface area contributed by atoms with E-state index in [1.165, 1.54) is 24.1 Å². The van der Waals surface area contributed by atoms with Crippen LogP contribution in [-0.2, 0) is 4.79 Å². The van der Waals surface area contributed by atoms with Gasteiger partial charge in [0.05, 0.1) is 11.0 Å². The molecule has 1 saturated heterocycles. The predicted molar refractivity (Wildman–Crippen MR) is 125 cm³/mol. The average Bonchev–Trinajstić information content (AvgIpc) is 3.29. The van der Waals surface area contributed by atoms with Crippen molar-refractivity contribution < 1.29 is 4.79 Å². The zero-order chi connectivity index (χ0) is 21.7. The smallest absolute Gasteiger partial charge is 0.219 e. The number of amides is 1. The van der Waals surface area contributed by atoms with Crippen molar-refractivity contribution in [3.63, 3.8) is 0 Å². The molecule has 2 N–H and O–H groups in total. The molecule has 158 valence electrons. The summed E-state index contributed by atoms with van der Waals surface area (Å²) in [6.07, 6.45) is 5.80. The van der Waals surface area contributed by atoms with Crippen LogP contribution in [0, 0.1) is 6.92 Å². The summed E-state index contributed by atoms with van der Waals surface area (Å²) in [4.78, 5) is 23.5. The largest absolute Gasteiger partial charge is 0.399 e. The molecule has 0 atom stereocenters. The highest BCUT2D eigenvalue weighted by molar-refractivity contribution is 5.94. The van der Waals surface area contributed by atoms with Crippen molar-refractivity contribution in [1.29, 1.82) is 0 Å². The van der Waals surface area contributed by atoms with E-state index < -0.39 is 0 Å². The number of nitrogen functional groups attached to an aromatic ring is 1. The molecule has 3 aromatic rings. The number of aryl methyl sites for hydroxylation is 1. The number of fused-ring (bicyclic) bond motifs is 1. The molecule has 1 amide bonds. The van der Waals surface area contributed by atoms with E-state index >= 15 is 0 Å². The first kappa shape index (κ1) is 21.6. The molecule has 1 aliphatic heterocycles. The van der Waals surface area contributed by atoms with Crippen molar-refractivity contribution in [2.75, 3.05) is 37.3 Å². The Morgan fingerprint density at radius 2 is 1.83 bits per heavy atom. The summed E-state index contributed by atoms with van der Waals surface area (Å²) >= 11 is 0. The van der Waals surface area contributed by atoms with Gasteiger partial charge in [-0.2, -0.15) is 0 Å². The minimum absolute atomic E-state index is 0.225. The first-order chi connectivity index (χ1) is 14.4. The van der Waals surface area contributed by atoms with Gasteiger partial charge in [-0.15, -0.1) is 0 Å². The second-order valence-electron chi connectivity index (χ2n) is 7.72. The molecule has 6 nitrogen and oxygen atoms in total. The van der Waals surface area contributed by atoms with Crippen molar-refractivity contribution in [1.82, 2.24) is 14.9 Å². The lowest BCUT2D eigenvalue weighted by atomic mass is 10.00. The van der Waals surface area contributed by atoms with E-state index in [2.05, 4.69) is 54.0 Å².